The molecule has 100 valence electrons. The molecule has 0 aliphatic carbocycles. The van der Waals surface area contributed by atoms with Crippen LogP contribution >= 0.6 is 27.3 Å². The summed E-state index contributed by atoms with van der Waals surface area (Å²) in [6.45, 7) is 2.39. The van der Waals surface area contributed by atoms with Crippen LogP contribution in [0.3, 0.4) is 0 Å². The monoisotopic (exact) mass is 341 g/mol. The number of rotatable bonds is 4. The highest BCUT2D eigenvalue weighted by Crippen LogP contribution is 2.22. The minimum Gasteiger partial charge on any atom is -0.477 e. The molecule has 0 amide bonds. The Morgan fingerprint density at radius 3 is 2.79 bits per heavy atom. The normalized spacial score (nSPS) is 10.5. The van der Waals surface area contributed by atoms with E-state index in [2.05, 4.69) is 25.9 Å². The topological polar surface area (TPSA) is 66.3 Å². The van der Waals surface area contributed by atoms with Crippen molar-refractivity contribution in [3.8, 4) is 0 Å². The number of hydrogen-bond acceptors (Lipinski definition) is 5. The first kappa shape index (κ1) is 14.0. The maximum Gasteiger partial charge on any atom is 0.354 e. The number of aryl methyl sites for hydroxylation is 1. The first-order valence-corrected chi connectivity index (χ1v) is 7.16. The summed E-state index contributed by atoms with van der Waals surface area (Å²) in [7, 11) is 1.84. The predicted octanol–water partition coefficient (Wildman–Crippen LogP) is 2.94. The van der Waals surface area contributed by atoms with Gasteiger partial charge in [0.2, 0.25) is 5.95 Å². The second kappa shape index (κ2) is 5.66. The van der Waals surface area contributed by atoms with Crippen LogP contribution in [0.5, 0.6) is 0 Å². The Bertz CT molecular complexity index is 615. The third-order valence-corrected chi connectivity index (χ3v) is 4.00. The number of hydrogen-bond donors (Lipinski definition) is 1. The van der Waals surface area contributed by atoms with Crippen molar-refractivity contribution in [3.63, 3.8) is 0 Å². The zero-order valence-corrected chi connectivity index (χ0v) is 12.8. The van der Waals surface area contributed by atoms with E-state index >= 15 is 0 Å². The van der Waals surface area contributed by atoms with Crippen LogP contribution < -0.4 is 4.90 Å². The lowest BCUT2D eigenvalue weighted by molar-refractivity contribution is 0.0690. The molecule has 7 heteroatoms. The van der Waals surface area contributed by atoms with Gasteiger partial charge in [0.15, 0.2) is 5.69 Å². The van der Waals surface area contributed by atoms with Crippen molar-refractivity contribution in [2.75, 3.05) is 11.9 Å². The molecule has 0 bridgehead atoms. The lowest BCUT2D eigenvalue weighted by Gasteiger charge is -2.16. The fourth-order valence-corrected chi connectivity index (χ4v) is 2.81. The lowest BCUT2D eigenvalue weighted by atomic mass is 10.3. The lowest BCUT2D eigenvalue weighted by Crippen LogP contribution is -2.20. The van der Waals surface area contributed by atoms with E-state index in [1.54, 1.807) is 18.3 Å². The van der Waals surface area contributed by atoms with Gasteiger partial charge in [0, 0.05) is 19.3 Å². The SMILES string of the molecule is Cc1cc(C(=O)O)nc(N(C)Cc2csc(Br)c2)n1. The number of carboxylic acid groups (broad SMARTS) is 1. The van der Waals surface area contributed by atoms with Crippen LogP contribution in [0.2, 0.25) is 0 Å². The van der Waals surface area contributed by atoms with Crippen LogP contribution in [0.15, 0.2) is 21.3 Å². The Labute approximate surface area is 123 Å². The van der Waals surface area contributed by atoms with Crippen molar-refractivity contribution in [3.05, 3.63) is 38.3 Å². The van der Waals surface area contributed by atoms with Gasteiger partial charge in [0.05, 0.1) is 3.79 Å². The Balaban J connectivity index is 2.23. The van der Waals surface area contributed by atoms with E-state index in [9.17, 15) is 4.79 Å². The van der Waals surface area contributed by atoms with Crippen molar-refractivity contribution in [1.29, 1.82) is 0 Å². The molecule has 0 unspecified atom stereocenters. The van der Waals surface area contributed by atoms with Crippen molar-refractivity contribution in [2.24, 2.45) is 0 Å². The van der Waals surface area contributed by atoms with Crippen LogP contribution in [-0.2, 0) is 6.54 Å². The third-order valence-electron chi connectivity index (χ3n) is 2.44. The number of aromatic carboxylic acids is 1. The van der Waals surface area contributed by atoms with Crippen LogP contribution in [0.4, 0.5) is 5.95 Å². The van der Waals surface area contributed by atoms with Gasteiger partial charge in [-0.05, 0) is 45.9 Å². The van der Waals surface area contributed by atoms with E-state index in [1.165, 1.54) is 6.07 Å². The number of thiophene rings is 1. The maximum absolute atomic E-state index is 11.0. The number of halogens is 1. The highest BCUT2D eigenvalue weighted by Gasteiger charge is 2.12. The minimum atomic E-state index is -1.04. The molecule has 5 nitrogen and oxygen atoms in total. The molecule has 2 aromatic rings. The summed E-state index contributed by atoms with van der Waals surface area (Å²) in [5.74, 6) is -0.627. The smallest absolute Gasteiger partial charge is 0.354 e. The third kappa shape index (κ3) is 3.51. The standard InChI is InChI=1S/C12H12BrN3O2S/c1-7-3-9(11(17)18)15-12(14-7)16(2)5-8-4-10(13)19-6-8/h3-4,6H,5H2,1-2H3,(H,17,18). The van der Waals surface area contributed by atoms with E-state index in [0.717, 1.165) is 9.35 Å². The average molecular weight is 342 g/mol. The molecule has 2 aromatic heterocycles. The van der Waals surface area contributed by atoms with Gasteiger partial charge in [-0.2, -0.15) is 0 Å². The first-order chi connectivity index (χ1) is 8.95. The van der Waals surface area contributed by atoms with Crippen LogP contribution in [0, 0.1) is 6.92 Å². The number of carbonyl (C=O) groups is 1. The molecule has 0 saturated carbocycles. The Hall–Kier alpha value is -1.47. The Kier molecular flexibility index (Phi) is 4.16. The van der Waals surface area contributed by atoms with Crippen LogP contribution in [-0.4, -0.2) is 28.1 Å². The van der Waals surface area contributed by atoms with Crippen molar-refractivity contribution in [1.82, 2.24) is 9.97 Å². The molecular weight excluding hydrogens is 330 g/mol. The molecule has 2 rings (SSSR count). The number of carboxylic acids is 1. The number of anilines is 1. The first-order valence-electron chi connectivity index (χ1n) is 5.48. The van der Waals surface area contributed by atoms with Crippen LogP contribution in [0.1, 0.15) is 21.7 Å². The largest absolute Gasteiger partial charge is 0.477 e. The number of aromatic nitrogens is 2. The predicted molar refractivity (Wildman–Crippen MR) is 77.9 cm³/mol. The van der Waals surface area contributed by atoms with Gasteiger partial charge >= 0.3 is 5.97 Å². The van der Waals surface area contributed by atoms with E-state index in [0.29, 0.717) is 18.2 Å². The fraction of sp³-hybridized carbons (Fsp3) is 0.250. The quantitative estimate of drug-likeness (QED) is 0.925. The second-order valence-corrected chi connectivity index (χ2v) is 6.41. The molecule has 1 N–H and O–H groups in total. The van der Waals surface area contributed by atoms with Gasteiger partial charge in [-0.1, -0.05) is 0 Å². The Morgan fingerprint density at radius 2 is 2.21 bits per heavy atom. The summed E-state index contributed by atoms with van der Waals surface area (Å²) in [6, 6.07) is 3.48. The molecule has 0 aromatic carbocycles. The van der Waals surface area contributed by atoms with E-state index in [1.807, 2.05) is 23.4 Å². The van der Waals surface area contributed by atoms with Gasteiger partial charge in [-0.3, -0.25) is 0 Å². The molecule has 0 spiro atoms. The summed E-state index contributed by atoms with van der Waals surface area (Å²) in [5.41, 5.74) is 1.78. The molecule has 19 heavy (non-hydrogen) atoms. The van der Waals surface area contributed by atoms with Gasteiger partial charge in [0.1, 0.15) is 0 Å². The molecule has 0 saturated heterocycles. The zero-order valence-electron chi connectivity index (χ0n) is 10.4. The molecule has 0 radical (unpaired) electrons. The van der Waals surface area contributed by atoms with Crippen molar-refractivity contribution < 1.29 is 9.90 Å². The van der Waals surface area contributed by atoms with Crippen molar-refractivity contribution in [2.45, 2.75) is 13.5 Å². The molecule has 0 aliphatic rings. The maximum atomic E-state index is 11.0. The summed E-state index contributed by atoms with van der Waals surface area (Å²) in [6.07, 6.45) is 0. The van der Waals surface area contributed by atoms with E-state index < -0.39 is 5.97 Å². The van der Waals surface area contributed by atoms with Crippen LogP contribution in [0.25, 0.3) is 0 Å². The van der Waals surface area contributed by atoms with Gasteiger partial charge in [0.25, 0.3) is 0 Å². The molecule has 2 heterocycles. The summed E-state index contributed by atoms with van der Waals surface area (Å²) in [4.78, 5) is 21.1. The highest BCUT2D eigenvalue weighted by molar-refractivity contribution is 9.11. The Morgan fingerprint density at radius 1 is 1.47 bits per heavy atom. The summed E-state index contributed by atoms with van der Waals surface area (Å²) < 4.78 is 1.06. The molecule has 0 fully saturated rings. The van der Waals surface area contributed by atoms with Gasteiger partial charge in [-0.15, -0.1) is 11.3 Å². The molecule has 0 aliphatic heterocycles. The average Bonchev–Trinajstić information content (AvgIpc) is 2.73. The highest BCUT2D eigenvalue weighted by atomic mass is 79.9. The summed E-state index contributed by atoms with van der Waals surface area (Å²) in [5, 5.41) is 11.0. The van der Waals surface area contributed by atoms with Crippen molar-refractivity contribution >= 4 is 39.2 Å². The van der Waals surface area contributed by atoms with E-state index in [4.69, 9.17) is 5.11 Å². The number of nitrogens with zero attached hydrogens (tertiary/aromatic N) is 3. The van der Waals surface area contributed by atoms with Gasteiger partial charge in [-0.25, -0.2) is 14.8 Å². The van der Waals surface area contributed by atoms with Gasteiger partial charge < -0.3 is 10.0 Å². The molecule has 0 atom stereocenters. The fourth-order valence-electron chi connectivity index (χ4n) is 1.61. The summed E-state index contributed by atoms with van der Waals surface area (Å²) >= 11 is 5.02. The van der Waals surface area contributed by atoms with E-state index in [-0.39, 0.29) is 5.69 Å². The zero-order chi connectivity index (χ0) is 14.0. The minimum absolute atomic E-state index is 0.0147. The molecular formula is C12H12BrN3O2S. The second-order valence-electron chi connectivity index (χ2n) is 4.11.